The van der Waals surface area contributed by atoms with Crippen molar-refractivity contribution in [1.82, 2.24) is 0 Å². The number of para-hydroxylation sites is 5. The predicted octanol–water partition coefficient (Wildman–Crippen LogP) is 22.3. The van der Waals surface area contributed by atoms with Crippen molar-refractivity contribution >= 4 is 131 Å². The van der Waals surface area contributed by atoms with Gasteiger partial charge in [-0.15, -0.1) is 0 Å². The van der Waals surface area contributed by atoms with Gasteiger partial charge in [0.1, 0.15) is 44.7 Å². The largest absolute Gasteiger partial charge is 0.456 e. The first-order valence-corrected chi connectivity index (χ1v) is 23.6. The molecule has 0 atom stereocenters. The summed E-state index contributed by atoms with van der Waals surface area (Å²) in [6.45, 7) is 0. The van der Waals surface area contributed by atoms with Gasteiger partial charge in [-0.2, -0.15) is 0 Å². The molecule has 0 bridgehead atoms. The third kappa shape index (κ3) is 6.69. The van der Waals surface area contributed by atoms with Crippen LogP contribution in [-0.2, 0) is 0 Å². The van der Waals surface area contributed by atoms with Gasteiger partial charge in [-0.1, -0.05) is 205 Å². The standard InChI is InChI=1S/2C38H22O2/c1-3-14-29-27(12-1)36(23-20-21-26-24-10-5-7-18-33(24)39-35(26)22-23)28-13-2-4-15-30(28)37(29)32-17-9-16-31-25-11-6-8-19-34(25)40-38(31)32;1-2-12-30-29(11-1)37(23-17-19-27-25-9-5-7-15-33(25)39-35(27)21-23)31-13-3-4-14-32(31)38(30)24-18-20-28-26-10-6-8-16-34(26)40-36(28)22-24/h2*1-22H/i2*1D,2D,3D,4D,5D,6D,7D,8D,9D,10D,11D,12D,13D,14D,15D,16D,17D,18D,19D,20D,21D,22D. The molecule has 0 saturated carbocycles. The van der Waals surface area contributed by atoms with Gasteiger partial charge in [0, 0.05) is 54.2 Å². The minimum atomic E-state index is -0.904. The third-order valence-corrected chi connectivity index (χ3v) is 13.3. The van der Waals surface area contributed by atoms with Gasteiger partial charge in [0.15, 0.2) is 0 Å². The van der Waals surface area contributed by atoms with E-state index in [0.29, 0.717) is 0 Å². The van der Waals surface area contributed by atoms with Crippen LogP contribution in [0, 0.1) is 0 Å². The SMILES string of the molecule is [2H]c1c([2H])c([2H])c2c(oc3c([2H])c(-c4c5c([2H])c([2H])c([2H])c([2H])c5c(-c5c([2H])c([2H])c([2H])c6c5oc5c([2H])c([2H])c([2H])c([2H])c56)c5c([2H])c([2H])c([2H])c([2H])c45)c([2H])c([2H])c32)c1[2H].[2H]c1c([2H])c([2H])c2c(oc3c([2H])c(-c4c5c([2H])c([2H])c([2H])c([2H])c5c(-c5c([2H])c([2H])c6c(oc7c([2H])c([2H])c([2H])c([2H])c76)c5[2H])c5c([2H])c([2H])c([2H])c([2H])c45)c([2H])c([2H])c32)c1[2H]. The molecule has 0 aliphatic carbocycles. The average Bonchev–Trinajstić information content (AvgIpc) is 0.956. The lowest BCUT2D eigenvalue weighted by molar-refractivity contribution is 0.668. The second kappa shape index (κ2) is 17.4. The van der Waals surface area contributed by atoms with Gasteiger partial charge in [0.25, 0.3) is 0 Å². The average molecular weight is 1070 g/mol. The van der Waals surface area contributed by atoms with Crippen molar-refractivity contribution in [2.45, 2.75) is 0 Å². The van der Waals surface area contributed by atoms with Crippen LogP contribution in [0.25, 0.3) is 175 Å². The molecule has 0 radical (unpaired) electrons. The Balaban J connectivity index is 0.000000176. The van der Waals surface area contributed by atoms with E-state index in [4.69, 9.17) is 57.4 Å². The number of benzene rings is 14. The van der Waals surface area contributed by atoms with E-state index in [1.807, 2.05) is 0 Å². The first-order chi connectivity index (χ1) is 58.0. The Bertz CT molecular complexity index is 7880. The van der Waals surface area contributed by atoms with Gasteiger partial charge in [0.05, 0.1) is 60.3 Å². The number of fused-ring (bicyclic) bond motifs is 16. The zero-order valence-electron chi connectivity index (χ0n) is 83.6. The van der Waals surface area contributed by atoms with Crippen molar-refractivity contribution < 1.29 is 78.0 Å². The summed E-state index contributed by atoms with van der Waals surface area (Å²) in [6.07, 6.45) is 0. The molecule has 0 spiro atoms. The Morgan fingerprint density at radius 2 is 0.438 bits per heavy atom. The molecule has 4 aromatic heterocycles. The zero-order valence-corrected chi connectivity index (χ0v) is 39.6. The minimum absolute atomic E-state index is 0.329. The summed E-state index contributed by atoms with van der Waals surface area (Å²) in [5.41, 5.74) is -9.11. The zero-order chi connectivity index (χ0) is 90.7. The Morgan fingerprint density at radius 3 is 0.775 bits per heavy atom. The number of hydrogen-bond acceptors (Lipinski definition) is 4. The fourth-order valence-corrected chi connectivity index (χ4v) is 10.0. The van der Waals surface area contributed by atoms with E-state index in [1.54, 1.807) is 0 Å². The summed E-state index contributed by atoms with van der Waals surface area (Å²) in [7, 11) is 0. The summed E-state index contributed by atoms with van der Waals surface area (Å²) in [5.74, 6) is 0. The molecule has 4 nitrogen and oxygen atoms in total. The normalized spacial score (nSPS) is 19.7. The van der Waals surface area contributed by atoms with Crippen LogP contribution in [0.4, 0.5) is 0 Å². The summed E-state index contributed by atoms with van der Waals surface area (Å²) < 4.78 is 413. The second-order valence-corrected chi connectivity index (χ2v) is 17.5. The topological polar surface area (TPSA) is 52.6 Å². The van der Waals surface area contributed by atoms with Crippen LogP contribution in [0.3, 0.4) is 0 Å². The second-order valence-electron chi connectivity index (χ2n) is 17.5. The van der Waals surface area contributed by atoms with Crippen LogP contribution in [0.15, 0.2) is 284 Å². The van der Waals surface area contributed by atoms with E-state index in [0.717, 1.165) is 0 Å². The van der Waals surface area contributed by atoms with Crippen LogP contribution in [0.1, 0.15) is 60.3 Å². The first-order valence-electron chi connectivity index (χ1n) is 45.6. The Hall–Kier alpha value is -10.7. The van der Waals surface area contributed by atoms with Crippen molar-refractivity contribution in [3.8, 4) is 44.5 Å². The van der Waals surface area contributed by atoms with Gasteiger partial charge in [-0.3, -0.25) is 0 Å². The molecule has 18 aromatic rings. The minimum Gasteiger partial charge on any atom is -0.456 e. The van der Waals surface area contributed by atoms with Crippen LogP contribution in [-0.4, -0.2) is 0 Å². The van der Waals surface area contributed by atoms with E-state index in [2.05, 4.69) is 0 Å². The molecule has 0 fully saturated rings. The summed E-state index contributed by atoms with van der Waals surface area (Å²) >= 11 is 0. The van der Waals surface area contributed by atoms with Crippen LogP contribution < -0.4 is 0 Å². The first kappa shape index (κ1) is 19.3. The highest BCUT2D eigenvalue weighted by atomic mass is 16.3. The van der Waals surface area contributed by atoms with E-state index < -0.39 is 404 Å². The lowest BCUT2D eigenvalue weighted by atomic mass is 9.85. The molecule has 18 rings (SSSR count). The molecule has 0 N–H and O–H groups in total. The molecule has 0 amide bonds. The molecule has 372 valence electrons. The molecule has 0 aliphatic heterocycles. The highest BCUT2D eigenvalue weighted by Gasteiger charge is 2.22. The Morgan fingerprint density at radius 1 is 0.188 bits per heavy atom. The Kier molecular flexibility index (Phi) is 4.21. The van der Waals surface area contributed by atoms with Crippen molar-refractivity contribution in [1.29, 1.82) is 0 Å². The predicted molar refractivity (Wildman–Crippen MR) is 334 cm³/mol. The molecule has 0 saturated heterocycles. The van der Waals surface area contributed by atoms with Gasteiger partial charge in [0.2, 0.25) is 0 Å². The highest BCUT2D eigenvalue weighted by Crippen LogP contribution is 2.49. The molecule has 80 heavy (non-hydrogen) atoms. The summed E-state index contributed by atoms with van der Waals surface area (Å²) in [4.78, 5) is 0. The lowest BCUT2D eigenvalue weighted by Gasteiger charge is -2.17. The summed E-state index contributed by atoms with van der Waals surface area (Å²) in [6, 6.07) is -35.2. The van der Waals surface area contributed by atoms with Gasteiger partial charge >= 0.3 is 0 Å². The Labute approximate surface area is 519 Å². The monoisotopic (exact) mass is 1060 g/mol. The van der Waals surface area contributed by atoms with Crippen molar-refractivity contribution in [2.75, 3.05) is 0 Å². The molecule has 4 heteroatoms. The fraction of sp³-hybridized carbons (Fsp3) is 0. The van der Waals surface area contributed by atoms with Crippen molar-refractivity contribution in [2.24, 2.45) is 0 Å². The molecular formula is C76H44O4. The maximum atomic E-state index is 9.48. The van der Waals surface area contributed by atoms with Crippen LogP contribution in [0.5, 0.6) is 0 Å². The maximum absolute atomic E-state index is 9.48. The van der Waals surface area contributed by atoms with E-state index >= 15 is 0 Å². The maximum Gasteiger partial charge on any atom is 0.143 e. The van der Waals surface area contributed by atoms with Crippen LogP contribution in [0.2, 0.25) is 0 Å². The van der Waals surface area contributed by atoms with E-state index in [9.17, 15) is 20.6 Å². The van der Waals surface area contributed by atoms with Gasteiger partial charge in [-0.25, -0.2) is 0 Å². The van der Waals surface area contributed by atoms with Gasteiger partial charge in [-0.05, 0) is 137 Å². The number of hydrogen-bond donors (Lipinski definition) is 0. The molecule has 4 heterocycles. The lowest BCUT2D eigenvalue weighted by Crippen LogP contribution is -1.91. The molecule has 0 aliphatic rings. The van der Waals surface area contributed by atoms with E-state index in [-0.39, 0.29) is 37.7 Å². The van der Waals surface area contributed by atoms with Gasteiger partial charge < -0.3 is 17.7 Å². The summed E-state index contributed by atoms with van der Waals surface area (Å²) in [5, 5.41) is -7.79. The smallest absolute Gasteiger partial charge is 0.143 e. The third-order valence-electron chi connectivity index (χ3n) is 13.3. The van der Waals surface area contributed by atoms with Crippen molar-refractivity contribution in [3.63, 3.8) is 0 Å². The van der Waals surface area contributed by atoms with Crippen LogP contribution >= 0.6 is 0 Å². The number of rotatable bonds is 4. The number of furan rings is 4. The fourth-order valence-electron chi connectivity index (χ4n) is 10.0. The molecular weight excluding hydrogens is 977 g/mol. The van der Waals surface area contributed by atoms with E-state index in [1.165, 1.54) is 0 Å². The quantitative estimate of drug-likeness (QED) is 0.165. The molecule has 0 unspecified atom stereocenters. The molecule has 14 aromatic carbocycles. The highest BCUT2D eigenvalue weighted by molar-refractivity contribution is 6.26. The van der Waals surface area contributed by atoms with Crippen molar-refractivity contribution in [3.05, 3.63) is 266 Å².